The van der Waals surface area contributed by atoms with Crippen LogP contribution in [-0.2, 0) is 11.3 Å². The molecular formula is C22H34O2. The van der Waals surface area contributed by atoms with Gasteiger partial charge in [0.15, 0.2) is 0 Å². The third-order valence-corrected chi connectivity index (χ3v) is 4.07. The minimum atomic E-state index is 0.642. The molecule has 0 N–H and O–H groups in total. The van der Waals surface area contributed by atoms with Gasteiger partial charge in [-0.3, -0.25) is 0 Å². The van der Waals surface area contributed by atoms with E-state index in [1.54, 1.807) is 0 Å². The van der Waals surface area contributed by atoms with Crippen LogP contribution in [0.3, 0.4) is 0 Å². The van der Waals surface area contributed by atoms with E-state index in [1.807, 2.05) is 12.1 Å². The first-order valence-corrected chi connectivity index (χ1v) is 9.59. The van der Waals surface area contributed by atoms with E-state index < -0.39 is 0 Å². The van der Waals surface area contributed by atoms with Gasteiger partial charge < -0.3 is 9.47 Å². The Morgan fingerprint density at radius 2 is 1.50 bits per heavy atom. The van der Waals surface area contributed by atoms with Crippen molar-refractivity contribution in [3.8, 4) is 18.1 Å². The summed E-state index contributed by atoms with van der Waals surface area (Å²) in [6.07, 6.45) is 17.5. The lowest BCUT2D eigenvalue weighted by atomic mass is 10.1. The predicted octanol–water partition coefficient (Wildman–Crippen LogP) is 6.14. The van der Waals surface area contributed by atoms with Crippen LogP contribution >= 0.6 is 0 Å². The quantitative estimate of drug-likeness (QED) is 0.284. The molecule has 1 rings (SSSR count). The van der Waals surface area contributed by atoms with Crippen molar-refractivity contribution in [2.75, 3.05) is 13.2 Å². The van der Waals surface area contributed by atoms with Gasteiger partial charge in [-0.05, 0) is 30.5 Å². The number of benzene rings is 1. The number of hydrogen-bond donors (Lipinski definition) is 0. The van der Waals surface area contributed by atoms with Crippen molar-refractivity contribution in [2.45, 2.75) is 77.7 Å². The molecule has 0 amide bonds. The Hall–Kier alpha value is -1.46. The van der Waals surface area contributed by atoms with Gasteiger partial charge in [-0.1, -0.05) is 64.0 Å². The van der Waals surface area contributed by atoms with E-state index in [2.05, 4.69) is 25.0 Å². The predicted molar refractivity (Wildman–Crippen MR) is 102 cm³/mol. The van der Waals surface area contributed by atoms with Gasteiger partial charge in [0, 0.05) is 13.0 Å². The Labute approximate surface area is 148 Å². The second-order valence-corrected chi connectivity index (χ2v) is 6.33. The summed E-state index contributed by atoms with van der Waals surface area (Å²) in [5.41, 5.74) is 1.18. The molecule has 2 nitrogen and oxygen atoms in total. The molecule has 0 aliphatic carbocycles. The number of unbranched alkanes of at least 4 members (excludes halogenated alkanes) is 8. The van der Waals surface area contributed by atoms with Crippen molar-refractivity contribution in [3.05, 3.63) is 29.8 Å². The number of ether oxygens (including phenoxy) is 2. The minimum absolute atomic E-state index is 0.642. The standard InChI is InChI=1S/C22H34O2/c1-3-5-7-8-9-10-11-13-19-24-22-16-14-21(15-17-22)20-23-18-12-6-4-2/h2,14-17H,3,5-13,18-20H2,1H3. The average molecular weight is 331 g/mol. The van der Waals surface area contributed by atoms with E-state index in [1.165, 1.54) is 50.5 Å². The van der Waals surface area contributed by atoms with E-state index >= 15 is 0 Å². The van der Waals surface area contributed by atoms with Crippen molar-refractivity contribution in [1.82, 2.24) is 0 Å². The van der Waals surface area contributed by atoms with Crippen molar-refractivity contribution in [1.29, 1.82) is 0 Å². The maximum Gasteiger partial charge on any atom is 0.119 e. The Balaban J connectivity index is 2.01. The molecule has 0 saturated heterocycles. The molecule has 0 atom stereocenters. The van der Waals surface area contributed by atoms with Crippen LogP contribution in [-0.4, -0.2) is 13.2 Å². The van der Waals surface area contributed by atoms with Gasteiger partial charge in [0.1, 0.15) is 5.75 Å². The molecule has 0 bridgehead atoms. The van der Waals surface area contributed by atoms with Crippen LogP contribution in [0.25, 0.3) is 0 Å². The molecule has 1 aromatic rings. The maximum absolute atomic E-state index is 5.80. The molecule has 0 spiro atoms. The van der Waals surface area contributed by atoms with E-state index in [-0.39, 0.29) is 0 Å². The molecule has 2 heteroatoms. The normalized spacial score (nSPS) is 10.5. The summed E-state index contributed by atoms with van der Waals surface area (Å²) in [5, 5.41) is 0. The lowest BCUT2D eigenvalue weighted by Gasteiger charge is -2.08. The zero-order valence-electron chi connectivity index (χ0n) is 15.4. The molecule has 1 aromatic carbocycles. The van der Waals surface area contributed by atoms with Crippen LogP contribution in [0.2, 0.25) is 0 Å². The fourth-order valence-electron chi connectivity index (χ4n) is 2.57. The summed E-state index contributed by atoms with van der Waals surface area (Å²) in [5.74, 6) is 3.57. The third-order valence-electron chi connectivity index (χ3n) is 4.07. The van der Waals surface area contributed by atoms with Gasteiger partial charge >= 0.3 is 0 Å². The largest absolute Gasteiger partial charge is 0.494 e. The van der Waals surface area contributed by atoms with E-state index in [9.17, 15) is 0 Å². The van der Waals surface area contributed by atoms with Gasteiger partial charge in [-0.2, -0.15) is 0 Å². The highest BCUT2D eigenvalue weighted by Gasteiger charge is 1.97. The van der Waals surface area contributed by atoms with Gasteiger partial charge in [-0.15, -0.1) is 12.3 Å². The first-order valence-electron chi connectivity index (χ1n) is 9.59. The first kappa shape index (κ1) is 20.6. The number of hydrogen-bond acceptors (Lipinski definition) is 2. The monoisotopic (exact) mass is 330 g/mol. The Morgan fingerprint density at radius 1 is 0.833 bits per heavy atom. The van der Waals surface area contributed by atoms with Gasteiger partial charge in [-0.25, -0.2) is 0 Å². The smallest absolute Gasteiger partial charge is 0.119 e. The Kier molecular flexibility index (Phi) is 12.9. The SMILES string of the molecule is C#CCCCOCc1ccc(OCCCCCCCCCC)cc1. The zero-order valence-corrected chi connectivity index (χ0v) is 15.4. The number of rotatable bonds is 15. The highest BCUT2D eigenvalue weighted by atomic mass is 16.5. The van der Waals surface area contributed by atoms with Crippen molar-refractivity contribution >= 4 is 0 Å². The van der Waals surface area contributed by atoms with Crippen molar-refractivity contribution in [2.24, 2.45) is 0 Å². The molecule has 0 fully saturated rings. The van der Waals surface area contributed by atoms with E-state index in [0.29, 0.717) is 6.61 Å². The molecule has 0 heterocycles. The third kappa shape index (κ3) is 11.1. The van der Waals surface area contributed by atoms with Crippen molar-refractivity contribution < 1.29 is 9.47 Å². The Morgan fingerprint density at radius 3 is 2.17 bits per heavy atom. The van der Waals surface area contributed by atoms with E-state index in [4.69, 9.17) is 15.9 Å². The lowest BCUT2D eigenvalue weighted by molar-refractivity contribution is 0.119. The highest BCUT2D eigenvalue weighted by molar-refractivity contribution is 5.26. The second-order valence-electron chi connectivity index (χ2n) is 6.33. The van der Waals surface area contributed by atoms with Crippen LogP contribution < -0.4 is 4.74 Å². The van der Waals surface area contributed by atoms with Crippen LogP contribution in [0.1, 0.15) is 76.7 Å². The summed E-state index contributed by atoms with van der Waals surface area (Å²) in [4.78, 5) is 0. The summed E-state index contributed by atoms with van der Waals surface area (Å²) in [6, 6.07) is 8.21. The van der Waals surface area contributed by atoms with Crippen LogP contribution in [0.4, 0.5) is 0 Å². The molecule has 0 aliphatic rings. The summed E-state index contributed by atoms with van der Waals surface area (Å²) < 4.78 is 11.4. The zero-order chi connectivity index (χ0) is 17.3. The number of terminal acetylenes is 1. The van der Waals surface area contributed by atoms with Crippen LogP contribution in [0.15, 0.2) is 24.3 Å². The van der Waals surface area contributed by atoms with Gasteiger partial charge in [0.05, 0.1) is 13.2 Å². The maximum atomic E-state index is 5.80. The first-order chi connectivity index (χ1) is 11.9. The van der Waals surface area contributed by atoms with Crippen LogP contribution in [0, 0.1) is 12.3 Å². The molecular weight excluding hydrogens is 296 g/mol. The van der Waals surface area contributed by atoms with Gasteiger partial charge in [0.2, 0.25) is 0 Å². The fraction of sp³-hybridized carbons (Fsp3) is 0.636. The molecule has 24 heavy (non-hydrogen) atoms. The average Bonchev–Trinajstić information content (AvgIpc) is 2.61. The van der Waals surface area contributed by atoms with Crippen molar-refractivity contribution in [3.63, 3.8) is 0 Å². The summed E-state index contributed by atoms with van der Waals surface area (Å²) in [7, 11) is 0. The molecule has 134 valence electrons. The fourth-order valence-corrected chi connectivity index (χ4v) is 2.57. The summed E-state index contributed by atoms with van der Waals surface area (Å²) in [6.45, 7) is 4.44. The molecule has 0 saturated carbocycles. The minimum Gasteiger partial charge on any atom is -0.494 e. The molecule has 0 radical (unpaired) electrons. The highest BCUT2D eigenvalue weighted by Crippen LogP contribution is 2.14. The Bertz CT molecular complexity index is 430. The molecule has 0 unspecified atom stereocenters. The second kappa shape index (κ2) is 15.1. The topological polar surface area (TPSA) is 18.5 Å². The molecule has 0 aliphatic heterocycles. The molecule has 0 aromatic heterocycles. The van der Waals surface area contributed by atoms with Crippen LogP contribution in [0.5, 0.6) is 5.75 Å². The summed E-state index contributed by atoms with van der Waals surface area (Å²) >= 11 is 0. The lowest BCUT2D eigenvalue weighted by Crippen LogP contribution is -1.98. The van der Waals surface area contributed by atoms with E-state index in [0.717, 1.165) is 38.2 Å². The van der Waals surface area contributed by atoms with Gasteiger partial charge in [0.25, 0.3) is 0 Å².